The molecule has 22 heavy (non-hydrogen) atoms. The monoisotopic (exact) mass is 329 g/mol. The van der Waals surface area contributed by atoms with E-state index < -0.39 is 10.0 Å². The van der Waals surface area contributed by atoms with Crippen LogP contribution in [0.2, 0.25) is 0 Å². The zero-order valence-corrected chi connectivity index (χ0v) is 14.4. The molecule has 8 heteroatoms. The van der Waals surface area contributed by atoms with Crippen LogP contribution in [0.4, 0.5) is 5.69 Å². The number of benzene rings is 1. The highest BCUT2D eigenvalue weighted by Gasteiger charge is 2.24. The molecule has 0 fully saturated rings. The zero-order valence-electron chi connectivity index (χ0n) is 13.6. The lowest BCUT2D eigenvalue weighted by Crippen LogP contribution is -2.28. The van der Waals surface area contributed by atoms with Gasteiger partial charge in [0.25, 0.3) is 5.91 Å². The Balaban J connectivity index is 3.24. The number of amides is 1. The Hall–Kier alpha value is -1.64. The molecule has 1 amide bonds. The van der Waals surface area contributed by atoms with Crippen LogP contribution in [0.3, 0.4) is 0 Å². The van der Waals surface area contributed by atoms with Gasteiger partial charge in [-0.25, -0.2) is 12.7 Å². The van der Waals surface area contributed by atoms with E-state index >= 15 is 0 Å². The van der Waals surface area contributed by atoms with E-state index in [-0.39, 0.29) is 10.8 Å². The maximum Gasteiger partial charge on any atom is 0.251 e. The molecule has 0 radical (unpaired) electrons. The summed E-state index contributed by atoms with van der Waals surface area (Å²) in [5.41, 5.74) is 0.823. The Morgan fingerprint density at radius 1 is 1.23 bits per heavy atom. The van der Waals surface area contributed by atoms with E-state index in [1.165, 1.54) is 20.2 Å². The van der Waals surface area contributed by atoms with E-state index in [9.17, 15) is 13.2 Å². The number of hydrogen-bond donors (Lipinski definition) is 1. The first-order valence-corrected chi connectivity index (χ1v) is 8.17. The fourth-order valence-electron chi connectivity index (χ4n) is 1.80. The number of nitrogens with one attached hydrogen (secondary N) is 1. The molecular weight excluding hydrogens is 306 g/mol. The van der Waals surface area contributed by atoms with Crippen LogP contribution in [0.5, 0.6) is 0 Å². The number of ether oxygens (including phenoxy) is 1. The van der Waals surface area contributed by atoms with Crippen molar-refractivity contribution < 1.29 is 17.9 Å². The summed E-state index contributed by atoms with van der Waals surface area (Å²) in [4.78, 5) is 13.9. The largest absolute Gasteiger partial charge is 0.383 e. The van der Waals surface area contributed by atoms with Crippen molar-refractivity contribution in [2.75, 3.05) is 53.4 Å². The van der Waals surface area contributed by atoms with E-state index in [4.69, 9.17) is 4.74 Å². The average molecular weight is 329 g/mol. The lowest BCUT2D eigenvalue weighted by Gasteiger charge is -2.20. The number of hydrogen-bond acceptors (Lipinski definition) is 5. The molecule has 124 valence electrons. The zero-order chi connectivity index (χ0) is 16.9. The van der Waals surface area contributed by atoms with E-state index in [1.54, 1.807) is 38.2 Å². The van der Waals surface area contributed by atoms with Crippen molar-refractivity contribution in [3.05, 3.63) is 23.8 Å². The van der Waals surface area contributed by atoms with Crippen LogP contribution in [0.1, 0.15) is 10.4 Å². The van der Waals surface area contributed by atoms with Crippen molar-refractivity contribution in [1.82, 2.24) is 9.62 Å². The summed E-state index contributed by atoms with van der Waals surface area (Å²) < 4.78 is 30.9. The third-order valence-electron chi connectivity index (χ3n) is 3.05. The topological polar surface area (TPSA) is 79.0 Å². The molecule has 0 atom stereocenters. The summed E-state index contributed by atoms with van der Waals surface area (Å²) in [7, 11) is 4.32. The van der Waals surface area contributed by atoms with E-state index in [0.717, 1.165) is 4.31 Å². The van der Waals surface area contributed by atoms with Crippen LogP contribution in [0, 0.1) is 0 Å². The van der Waals surface area contributed by atoms with Gasteiger partial charge in [-0.15, -0.1) is 0 Å². The first-order chi connectivity index (χ1) is 10.2. The van der Waals surface area contributed by atoms with Gasteiger partial charge in [-0.1, -0.05) is 0 Å². The molecule has 0 aliphatic heterocycles. The molecule has 1 rings (SSSR count). The van der Waals surface area contributed by atoms with Crippen molar-refractivity contribution in [1.29, 1.82) is 0 Å². The Morgan fingerprint density at radius 2 is 1.86 bits per heavy atom. The van der Waals surface area contributed by atoms with Crippen molar-refractivity contribution in [2.45, 2.75) is 4.90 Å². The van der Waals surface area contributed by atoms with Crippen LogP contribution in [0.25, 0.3) is 0 Å². The number of carbonyl (C=O) groups excluding carboxylic acids is 1. The summed E-state index contributed by atoms with van der Waals surface area (Å²) in [5.74, 6) is -0.336. The van der Waals surface area contributed by atoms with Gasteiger partial charge in [0, 0.05) is 47.4 Å². The van der Waals surface area contributed by atoms with Gasteiger partial charge >= 0.3 is 0 Å². The molecule has 0 spiro atoms. The van der Waals surface area contributed by atoms with Gasteiger partial charge in [-0.05, 0) is 18.2 Å². The number of rotatable bonds is 7. The molecule has 1 aromatic rings. The summed E-state index contributed by atoms with van der Waals surface area (Å²) in [6, 6.07) is 4.63. The van der Waals surface area contributed by atoms with Crippen LogP contribution in [-0.2, 0) is 14.8 Å². The number of sulfonamides is 1. The number of carbonyl (C=O) groups is 1. The predicted octanol–water partition coefficient (Wildman–Crippen LogP) is 0.379. The molecule has 0 unspecified atom stereocenters. The molecule has 0 saturated heterocycles. The van der Waals surface area contributed by atoms with Gasteiger partial charge in [0.15, 0.2) is 0 Å². The fourth-order valence-corrected chi connectivity index (χ4v) is 2.98. The second-order valence-corrected chi connectivity index (χ2v) is 7.23. The maximum absolute atomic E-state index is 12.4. The third kappa shape index (κ3) is 4.19. The highest BCUT2D eigenvalue weighted by atomic mass is 32.2. The second-order valence-electron chi connectivity index (χ2n) is 5.11. The maximum atomic E-state index is 12.4. The minimum absolute atomic E-state index is 0.0990. The van der Waals surface area contributed by atoms with Crippen molar-refractivity contribution >= 4 is 21.6 Å². The van der Waals surface area contributed by atoms with Gasteiger partial charge in [0.1, 0.15) is 4.90 Å². The molecule has 1 N–H and O–H groups in total. The minimum atomic E-state index is -3.65. The summed E-state index contributed by atoms with van der Waals surface area (Å²) in [5, 5.41) is 2.67. The quantitative estimate of drug-likeness (QED) is 0.732. The molecule has 1 aromatic carbocycles. The van der Waals surface area contributed by atoms with Gasteiger partial charge in [-0.2, -0.15) is 0 Å². The van der Waals surface area contributed by atoms with Gasteiger partial charge in [0.2, 0.25) is 10.0 Å². The smallest absolute Gasteiger partial charge is 0.251 e. The predicted molar refractivity (Wildman–Crippen MR) is 85.9 cm³/mol. The molecule has 0 saturated carbocycles. The normalized spacial score (nSPS) is 11.5. The van der Waals surface area contributed by atoms with Gasteiger partial charge in [0.05, 0.1) is 12.3 Å². The lowest BCUT2D eigenvalue weighted by atomic mass is 10.2. The average Bonchev–Trinajstić information content (AvgIpc) is 2.46. The van der Waals surface area contributed by atoms with E-state index in [2.05, 4.69) is 5.32 Å². The minimum Gasteiger partial charge on any atom is -0.383 e. The summed E-state index contributed by atoms with van der Waals surface area (Å²) in [6.45, 7) is 0.755. The molecule has 0 aliphatic carbocycles. The Labute approximate surface area is 131 Å². The summed E-state index contributed by atoms with van der Waals surface area (Å²) in [6.07, 6.45) is 0. The standard InChI is InChI=1S/C14H23N3O4S/c1-16(2)12-7-6-11(14(18)15-8-9-21-5)10-13(12)22(19,20)17(3)4/h6-7,10H,8-9H2,1-5H3,(H,15,18). The van der Waals surface area contributed by atoms with Crippen LogP contribution in [-0.4, -0.2) is 67.1 Å². The number of methoxy groups -OCH3 is 1. The Morgan fingerprint density at radius 3 is 2.36 bits per heavy atom. The molecule has 0 bridgehead atoms. The number of nitrogens with zero attached hydrogens (tertiary/aromatic N) is 2. The first kappa shape index (κ1) is 18.4. The van der Waals surface area contributed by atoms with Crippen molar-refractivity contribution in [3.63, 3.8) is 0 Å². The fraction of sp³-hybridized carbons (Fsp3) is 0.500. The van der Waals surface area contributed by atoms with E-state index in [1.807, 2.05) is 0 Å². The first-order valence-electron chi connectivity index (χ1n) is 6.73. The molecule has 0 aromatic heterocycles. The highest BCUT2D eigenvalue weighted by molar-refractivity contribution is 7.89. The van der Waals surface area contributed by atoms with Gasteiger partial charge in [-0.3, -0.25) is 4.79 Å². The summed E-state index contributed by atoms with van der Waals surface area (Å²) >= 11 is 0. The number of anilines is 1. The lowest BCUT2D eigenvalue weighted by molar-refractivity contribution is 0.0937. The Kier molecular flexibility index (Phi) is 6.34. The molecule has 7 nitrogen and oxygen atoms in total. The second kappa shape index (κ2) is 7.57. The third-order valence-corrected chi connectivity index (χ3v) is 4.90. The molecular formula is C14H23N3O4S. The van der Waals surface area contributed by atoms with Crippen molar-refractivity contribution in [3.8, 4) is 0 Å². The molecule has 0 heterocycles. The van der Waals surface area contributed by atoms with Crippen LogP contribution in [0.15, 0.2) is 23.1 Å². The van der Waals surface area contributed by atoms with E-state index in [0.29, 0.717) is 24.4 Å². The van der Waals surface area contributed by atoms with Crippen LogP contribution < -0.4 is 10.2 Å². The highest BCUT2D eigenvalue weighted by Crippen LogP contribution is 2.27. The molecule has 0 aliphatic rings. The van der Waals surface area contributed by atoms with Gasteiger partial charge < -0.3 is 15.0 Å². The Bertz CT molecular complexity index is 627. The SMILES string of the molecule is COCCNC(=O)c1ccc(N(C)C)c(S(=O)(=O)N(C)C)c1. The van der Waals surface area contributed by atoms with Crippen LogP contribution >= 0.6 is 0 Å². The van der Waals surface area contributed by atoms with Crippen molar-refractivity contribution in [2.24, 2.45) is 0 Å².